The van der Waals surface area contributed by atoms with E-state index in [0.29, 0.717) is 18.5 Å². The van der Waals surface area contributed by atoms with Crippen LogP contribution >= 0.6 is 23.1 Å². The minimum atomic E-state index is -1.35. The number of carboxylic acid groups (broad SMARTS) is 1. The van der Waals surface area contributed by atoms with Gasteiger partial charge in [-0.25, -0.2) is 4.57 Å². The van der Waals surface area contributed by atoms with Gasteiger partial charge in [0.25, 0.3) is 5.82 Å². The van der Waals surface area contributed by atoms with Gasteiger partial charge in [0.2, 0.25) is 15.8 Å². The fraction of sp³-hybridized carbons (Fsp3) is 0.526. The second-order valence-electron chi connectivity index (χ2n) is 7.48. The minimum absolute atomic E-state index is 0.0548. The highest BCUT2D eigenvalue weighted by Gasteiger charge is 2.55. The van der Waals surface area contributed by atoms with E-state index in [4.69, 9.17) is 5.73 Å². The van der Waals surface area contributed by atoms with E-state index in [-0.39, 0.29) is 17.6 Å². The predicted molar refractivity (Wildman–Crippen MR) is 108 cm³/mol. The second-order valence-corrected chi connectivity index (χ2v) is 9.31. The molecule has 2 aliphatic rings. The van der Waals surface area contributed by atoms with E-state index in [1.54, 1.807) is 18.7 Å². The number of aryl methyl sites for hydroxylation is 1. The molecule has 0 bridgehead atoms. The number of hydrogen-bond donors (Lipinski definition) is 2. The third kappa shape index (κ3) is 2.92. The molecule has 3 N–H and O–H groups in total. The number of carbonyl (C=O) groups excluding carboxylic acids is 2. The van der Waals surface area contributed by atoms with Crippen molar-refractivity contribution in [2.75, 3.05) is 12.8 Å². The number of thiazole rings is 1. The molecule has 29 heavy (non-hydrogen) atoms. The lowest BCUT2D eigenvalue weighted by Crippen LogP contribution is -2.62. The Kier molecular flexibility index (Phi) is 5.22. The molecule has 2 aliphatic heterocycles. The average molecular weight is 437 g/mol. The first-order chi connectivity index (χ1) is 13.8. The van der Waals surface area contributed by atoms with Crippen molar-refractivity contribution >= 4 is 45.4 Å². The molecule has 2 aromatic rings. The number of aromatic nitrogens is 2. The molecule has 0 saturated carbocycles. The van der Waals surface area contributed by atoms with Crippen molar-refractivity contribution < 1.29 is 24.2 Å². The van der Waals surface area contributed by atoms with Crippen LogP contribution in [-0.2, 0) is 16.1 Å². The zero-order valence-corrected chi connectivity index (χ0v) is 18.2. The maximum atomic E-state index is 12.4. The van der Waals surface area contributed by atoms with Crippen LogP contribution in [0.3, 0.4) is 0 Å². The van der Waals surface area contributed by atoms with Crippen LogP contribution in [0.15, 0.2) is 16.9 Å². The van der Waals surface area contributed by atoms with Crippen molar-refractivity contribution in [3.8, 4) is 0 Å². The highest BCUT2D eigenvalue weighted by atomic mass is 32.2. The number of imidazole rings is 1. The lowest BCUT2D eigenvalue weighted by atomic mass is 9.83. The van der Waals surface area contributed by atoms with Crippen LogP contribution in [-0.4, -0.2) is 51.4 Å². The summed E-state index contributed by atoms with van der Waals surface area (Å²) in [6, 6.07) is -0.317. The van der Waals surface area contributed by atoms with E-state index in [2.05, 4.69) is 8.97 Å². The molecule has 10 heteroatoms. The Hall–Kier alpha value is -1.88. The molecule has 0 spiro atoms. The Bertz CT molecular complexity index is 1040. The normalized spacial score (nSPS) is 22.4. The third-order valence-electron chi connectivity index (χ3n) is 5.84. The van der Waals surface area contributed by atoms with Gasteiger partial charge in [-0.1, -0.05) is 23.1 Å². The van der Waals surface area contributed by atoms with Crippen LogP contribution in [0.1, 0.15) is 30.5 Å². The third-order valence-corrected chi connectivity index (χ3v) is 7.92. The van der Waals surface area contributed by atoms with Gasteiger partial charge in [0.1, 0.15) is 6.20 Å². The van der Waals surface area contributed by atoms with Crippen LogP contribution in [0.4, 0.5) is 0 Å². The zero-order valence-electron chi connectivity index (χ0n) is 16.5. The first kappa shape index (κ1) is 20.4. The van der Waals surface area contributed by atoms with Gasteiger partial charge in [-0.15, -0.1) is 0 Å². The van der Waals surface area contributed by atoms with Crippen molar-refractivity contribution in [3.05, 3.63) is 22.6 Å². The molecular weight excluding hydrogens is 412 g/mol. The number of rotatable bonds is 7. The number of aliphatic hydroxyl groups excluding tert-OH is 1. The number of thioether (sulfide) groups is 1. The number of amides is 1. The summed E-state index contributed by atoms with van der Waals surface area (Å²) >= 11 is 3.17. The molecule has 0 radical (unpaired) electrons. The van der Waals surface area contributed by atoms with Gasteiger partial charge >= 0.3 is 0 Å². The summed E-state index contributed by atoms with van der Waals surface area (Å²) in [5.74, 6) is -1.20. The molecule has 1 amide bonds. The predicted octanol–water partition coefficient (Wildman–Crippen LogP) is -0.260. The molecule has 4 rings (SSSR count). The fourth-order valence-electron chi connectivity index (χ4n) is 4.46. The number of fused-ring (bicyclic) bond motifs is 2. The summed E-state index contributed by atoms with van der Waals surface area (Å²) in [4.78, 5) is 27.4. The fourth-order valence-corrected chi connectivity index (χ4v) is 6.71. The maximum absolute atomic E-state index is 12.4. The van der Waals surface area contributed by atoms with Crippen LogP contribution in [0.5, 0.6) is 0 Å². The van der Waals surface area contributed by atoms with Crippen LogP contribution < -0.4 is 15.2 Å². The summed E-state index contributed by atoms with van der Waals surface area (Å²) in [7, 11) is 0. The number of aliphatic carboxylic acids is 1. The highest BCUT2D eigenvalue weighted by molar-refractivity contribution is 7.98. The van der Waals surface area contributed by atoms with E-state index < -0.39 is 18.0 Å². The van der Waals surface area contributed by atoms with Crippen molar-refractivity contribution in [2.24, 2.45) is 11.7 Å². The smallest absolute Gasteiger partial charge is 0.260 e. The molecule has 0 unspecified atom stereocenters. The lowest BCUT2D eigenvalue weighted by Gasteiger charge is -2.45. The molecule has 1 fully saturated rings. The summed E-state index contributed by atoms with van der Waals surface area (Å²) in [6.45, 7) is 5.05. The van der Waals surface area contributed by atoms with E-state index in [0.717, 1.165) is 33.5 Å². The highest BCUT2D eigenvalue weighted by Crippen LogP contribution is 2.47. The van der Waals surface area contributed by atoms with E-state index in [9.17, 15) is 19.8 Å². The molecular formula is C19H24N4O4S2. The quantitative estimate of drug-likeness (QED) is 0.351. The van der Waals surface area contributed by atoms with Gasteiger partial charge in [-0.3, -0.25) is 4.79 Å². The minimum Gasteiger partial charge on any atom is -0.543 e. The number of carbonyl (C=O) groups is 2. The average Bonchev–Trinajstić information content (AvgIpc) is 3.29. The molecule has 4 heterocycles. The van der Waals surface area contributed by atoms with Gasteiger partial charge in [-0.2, -0.15) is 4.40 Å². The Labute approximate surface area is 176 Å². The Morgan fingerprint density at radius 2 is 2.28 bits per heavy atom. The molecule has 3 atom stereocenters. The number of carboxylic acids is 1. The summed E-state index contributed by atoms with van der Waals surface area (Å²) in [5, 5.41) is 22.9. The number of hydrogen-bond acceptors (Lipinski definition) is 7. The molecule has 0 aliphatic carbocycles. The summed E-state index contributed by atoms with van der Waals surface area (Å²) < 4.78 is 4.31. The number of nitrogens with zero attached hydrogens (tertiary/aromatic N) is 3. The monoisotopic (exact) mass is 436 g/mol. The Morgan fingerprint density at radius 1 is 1.55 bits per heavy atom. The Morgan fingerprint density at radius 3 is 2.86 bits per heavy atom. The lowest BCUT2D eigenvalue weighted by molar-refractivity contribution is -0.516. The molecule has 2 aromatic heterocycles. The van der Waals surface area contributed by atoms with Crippen molar-refractivity contribution in [1.29, 1.82) is 0 Å². The summed E-state index contributed by atoms with van der Waals surface area (Å²) in [5.41, 5.74) is 6.23. The van der Waals surface area contributed by atoms with E-state index in [1.807, 2.05) is 19.4 Å². The van der Waals surface area contributed by atoms with Crippen molar-refractivity contribution in [3.63, 3.8) is 0 Å². The van der Waals surface area contributed by atoms with Gasteiger partial charge in [-0.05, 0) is 32.6 Å². The summed E-state index contributed by atoms with van der Waals surface area (Å²) in [6.07, 6.45) is 4.45. The van der Waals surface area contributed by atoms with Crippen LogP contribution in [0, 0.1) is 12.8 Å². The standard InChI is InChI=1S/C19H24N4O4S2/c1-9(24)14-12-7-11(15(19(26)27)23(12)16(14)25)13-8-22-10(2)21(6-4-5-20)17(28-3)18(22)29-13/h8-9,12,14,24H,4-7,20H2,1-3H3/t9-,12-,14-/m1/s1. The van der Waals surface area contributed by atoms with Crippen LogP contribution in [0.2, 0.25) is 0 Å². The van der Waals surface area contributed by atoms with Crippen molar-refractivity contribution in [1.82, 2.24) is 9.47 Å². The van der Waals surface area contributed by atoms with Crippen LogP contribution in [0.25, 0.3) is 10.4 Å². The molecule has 0 aromatic carbocycles. The SMILES string of the molecule is CSc1c2sc(C3=C(C(=O)[O-])N4C(=O)[C@H]([C@@H](C)O)[C@H]4C3)c[n+]2c(C)n1CCCN. The topological polar surface area (TPSA) is 116 Å². The van der Waals surface area contributed by atoms with E-state index >= 15 is 0 Å². The van der Waals surface area contributed by atoms with Crippen molar-refractivity contribution in [2.45, 2.75) is 50.4 Å². The van der Waals surface area contributed by atoms with E-state index in [1.165, 1.54) is 16.2 Å². The first-order valence-electron chi connectivity index (χ1n) is 9.56. The molecule has 1 saturated heterocycles. The van der Waals surface area contributed by atoms with Gasteiger partial charge in [0, 0.05) is 12.5 Å². The Balaban J connectivity index is 1.79. The van der Waals surface area contributed by atoms with Gasteiger partial charge in [0.05, 0.1) is 41.2 Å². The largest absolute Gasteiger partial charge is 0.543 e. The maximum Gasteiger partial charge on any atom is 0.260 e. The zero-order chi connectivity index (χ0) is 21.0. The number of nitrogens with two attached hydrogens (primary N) is 1. The first-order valence-corrected chi connectivity index (χ1v) is 11.6. The molecule has 156 valence electrons. The molecule has 8 nitrogen and oxygen atoms in total. The van der Waals surface area contributed by atoms with Gasteiger partial charge < -0.3 is 25.6 Å². The van der Waals surface area contributed by atoms with Gasteiger partial charge in [0.15, 0.2) is 0 Å². The second kappa shape index (κ2) is 7.42. The number of aliphatic hydroxyl groups is 1. The number of β-lactam (4-membered cyclic amide) rings is 1.